The number of allylic oxidation sites excluding steroid dienone is 2. The minimum absolute atomic E-state index is 0.271. The molecule has 2 nitrogen and oxygen atoms in total. The Morgan fingerprint density at radius 3 is 2.31 bits per heavy atom. The number of nitrogens with zero attached hydrogens (tertiary/aromatic N) is 2. The zero-order valence-corrected chi connectivity index (χ0v) is 9.65. The van der Waals surface area contributed by atoms with Crippen molar-refractivity contribution in [3.63, 3.8) is 0 Å². The summed E-state index contributed by atoms with van der Waals surface area (Å²) in [6.07, 6.45) is 12.0. The van der Waals surface area contributed by atoms with Gasteiger partial charge in [-0.25, -0.2) is 0 Å². The summed E-state index contributed by atoms with van der Waals surface area (Å²) in [5, 5.41) is 18.7. The summed E-state index contributed by atoms with van der Waals surface area (Å²) in [6, 6.07) is 4.60. The normalized spacial score (nSPS) is 29.2. The van der Waals surface area contributed by atoms with E-state index in [1.165, 1.54) is 32.1 Å². The van der Waals surface area contributed by atoms with Crippen LogP contribution in [0.1, 0.15) is 44.9 Å². The Morgan fingerprint density at radius 1 is 1.00 bits per heavy atom. The van der Waals surface area contributed by atoms with Gasteiger partial charge >= 0.3 is 0 Å². The Balaban J connectivity index is 2.20. The van der Waals surface area contributed by atoms with Crippen molar-refractivity contribution in [2.24, 2.45) is 17.3 Å². The molecular weight excluding hydrogens is 196 g/mol. The second-order valence-corrected chi connectivity index (χ2v) is 5.11. The van der Waals surface area contributed by atoms with Gasteiger partial charge in [-0.15, -0.1) is 0 Å². The molecule has 84 valence electrons. The second kappa shape index (κ2) is 4.71. The van der Waals surface area contributed by atoms with E-state index in [1.807, 2.05) is 6.08 Å². The first-order valence-electron chi connectivity index (χ1n) is 6.30. The van der Waals surface area contributed by atoms with Gasteiger partial charge in [0.05, 0.1) is 12.1 Å². The predicted octanol–water partition coefficient (Wildman–Crippen LogP) is 3.57. The van der Waals surface area contributed by atoms with Crippen molar-refractivity contribution >= 4 is 0 Å². The monoisotopic (exact) mass is 214 g/mol. The van der Waals surface area contributed by atoms with E-state index in [4.69, 9.17) is 0 Å². The maximum atomic E-state index is 9.34. The summed E-state index contributed by atoms with van der Waals surface area (Å²) < 4.78 is 0. The minimum atomic E-state index is -0.739. The summed E-state index contributed by atoms with van der Waals surface area (Å²) in [7, 11) is 0. The van der Waals surface area contributed by atoms with Crippen LogP contribution in [0.4, 0.5) is 0 Å². The van der Waals surface area contributed by atoms with Gasteiger partial charge in [0, 0.05) is 0 Å². The topological polar surface area (TPSA) is 47.6 Å². The zero-order valence-electron chi connectivity index (χ0n) is 9.65. The van der Waals surface area contributed by atoms with Gasteiger partial charge in [0.15, 0.2) is 5.41 Å². The Labute approximate surface area is 97.6 Å². The fourth-order valence-corrected chi connectivity index (χ4v) is 3.28. The van der Waals surface area contributed by atoms with Gasteiger partial charge in [0.25, 0.3) is 0 Å². The van der Waals surface area contributed by atoms with Crippen LogP contribution in [0.5, 0.6) is 0 Å². The van der Waals surface area contributed by atoms with Gasteiger partial charge in [-0.2, -0.15) is 10.5 Å². The van der Waals surface area contributed by atoms with Crippen molar-refractivity contribution in [1.29, 1.82) is 10.5 Å². The number of hydrogen-bond acceptors (Lipinski definition) is 2. The van der Waals surface area contributed by atoms with E-state index in [9.17, 15) is 10.5 Å². The van der Waals surface area contributed by atoms with Crippen molar-refractivity contribution < 1.29 is 0 Å². The first-order chi connectivity index (χ1) is 7.82. The van der Waals surface area contributed by atoms with Crippen molar-refractivity contribution in [2.45, 2.75) is 44.9 Å². The highest BCUT2D eigenvalue weighted by Crippen LogP contribution is 2.46. The molecule has 1 unspecified atom stereocenters. The molecule has 0 aliphatic heterocycles. The third kappa shape index (κ3) is 1.85. The molecule has 2 rings (SSSR count). The standard InChI is InChI=1S/C14H18N2/c15-10-14(11-16)9-5-4-8-13(14)12-6-2-1-3-7-12/h4-5,12-13H,1-3,6-9H2. The van der Waals surface area contributed by atoms with E-state index in [0.29, 0.717) is 12.3 Å². The Bertz CT molecular complexity index is 336. The van der Waals surface area contributed by atoms with Crippen LogP contribution < -0.4 is 0 Å². The van der Waals surface area contributed by atoms with Crippen LogP contribution in [0.3, 0.4) is 0 Å². The first-order valence-corrected chi connectivity index (χ1v) is 6.30. The third-order valence-corrected chi connectivity index (χ3v) is 4.25. The Kier molecular flexibility index (Phi) is 3.30. The molecule has 0 radical (unpaired) electrons. The molecule has 0 aromatic heterocycles. The van der Waals surface area contributed by atoms with Crippen LogP contribution in [0, 0.1) is 39.9 Å². The zero-order chi connectivity index (χ0) is 11.4. The molecular formula is C14H18N2. The van der Waals surface area contributed by atoms with E-state index in [2.05, 4.69) is 18.2 Å². The maximum Gasteiger partial charge on any atom is 0.150 e. The van der Waals surface area contributed by atoms with Crippen molar-refractivity contribution in [3.05, 3.63) is 12.2 Å². The molecule has 0 heterocycles. The molecule has 2 heteroatoms. The maximum absolute atomic E-state index is 9.34. The highest BCUT2D eigenvalue weighted by molar-refractivity contribution is 5.23. The Morgan fingerprint density at radius 2 is 1.69 bits per heavy atom. The lowest BCUT2D eigenvalue weighted by molar-refractivity contribution is 0.161. The van der Waals surface area contributed by atoms with Crippen molar-refractivity contribution in [1.82, 2.24) is 0 Å². The summed E-state index contributed by atoms with van der Waals surface area (Å²) in [5.41, 5.74) is -0.739. The lowest BCUT2D eigenvalue weighted by Gasteiger charge is -2.38. The highest BCUT2D eigenvalue weighted by atomic mass is 14.5. The third-order valence-electron chi connectivity index (χ3n) is 4.25. The number of hydrogen-bond donors (Lipinski definition) is 0. The van der Waals surface area contributed by atoms with E-state index in [1.54, 1.807) is 0 Å². The van der Waals surface area contributed by atoms with Gasteiger partial charge in [-0.1, -0.05) is 44.3 Å². The minimum Gasteiger partial charge on any atom is -0.197 e. The molecule has 1 fully saturated rings. The summed E-state index contributed by atoms with van der Waals surface area (Å²) in [6.45, 7) is 0. The van der Waals surface area contributed by atoms with Gasteiger partial charge in [0.2, 0.25) is 0 Å². The van der Waals surface area contributed by atoms with Crippen molar-refractivity contribution in [3.8, 4) is 12.1 Å². The molecule has 0 amide bonds. The summed E-state index contributed by atoms with van der Waals surface area (Å²) in [4.78, 5) is 0. The molecule has 0 spiro atoms. The molecule has 0 aromatic carbocycles. The summed E-state index contributed by atoms with van der Waals surface area (Å²) >= 11 is 0. The number of rotatable bonds is 1. The smallest absolute Gasteiger partial charge is 0.150 e. The van der Waals surface area contributed by atoms with Crippen molar-refractivity contribution in [2.75, 3.05) is 0 Å². The molecule has 0 saturated heterocycles. The first kappa shape index (κ1) is 11.2. The fourth-order valence-electron chi connectivity index (χ4n) is 3.28. The fraction of sp³-hybridized carbons (Fsp3) is 0.714. The van der Waals surface area contributed by atoms with Crippen LogP contribution in [-0.2, 0) is 0 Å². The quantitative estimate of drug-likeness (QED) is 0.626. The molecule has 1 saturated carbocycles. The lowest BCUT2D eigenvalue weighted by Crippen LogP contribution is -2.35. The molecule has 2 aliphatic rings. The predicted molar refractivity (Wildman–Crippen MR) is 62.1 cm³/mol. The van der Waals surface area contributed by atoms with Crippen LogP contribution in [0.2, 0.25) is 0 Å². The van der Waals surface area contributed by atoms with Crippen LogP contribution >= 0.6 is 0 Å². The van der Waals surface area contributed by atoms with E-state index >= 15 is 0 Å². The molecule has 2 aliphatic carbocycles. The van der Waals surface area contributed by atoms with Crippen LogP contribution in [0.15, 0.2) is 12.2 Å². The van der Waals surface area contributed by atoms with Gasteiger partial charge in [-0.05, 0) is 24.7 Å². The molecule has 1 atom stereocenters. The van der Waals surface area contributed by atoms with Gasteiger partial charge < -0.3 is 0 Å². The van der Waals surface area contributed by atoms with E-state index < -0.39 is 5.41 Å². The average molecular weight is 214 g/mol. The largest absolute Gasteiger partial charge is 0.197 e. The van der Waals surface area contributed by atoms with Gasteiger partial charge in [-0.3, -0.25) is 0 Å². The van der Waals surface area contributed by atoms with E-state index in [-0.39, 0.29) is 5.92 Å². The van der Waals surface area contributed by atoms with Crippen LogP contribution in [0.25, 0.3) is 0 Å². The SMILES string of the molecule is N#CC1(C#N)CC=CCC1C1CCCCC1. The number of nitriles is 2. The second-order valence-electron chi connectivity index (χ2n) is 5.11. The molecule has 16 heavy (non-hydrogen) atoms. The molecule has 0 aromatic rings. The lowest BCUT2D eigenvalue weighted by atomic mass is 9.62. The van der Waals surface area contributed by atoms with Crippen LogP contribution in [-0.4, -0.2) is 0 Å². The summed E-state index contributed by atoms with van der Waals surface area (Å²) in [5.74, 6) is 0.866. The van der Waals surface area contributed by atoms with E-state index in [0.717, 1.165) is 6.42 Å². The molecule has 0 bridgehead atoms. The Hall–Kier alpha value is -1.28. The van der Waals surface area contributed by atoms with Gasteiger partial charge in [0.1, 0.15) is 0 Å². The highest BCUT2D eigenvalue weighted by Gasteiger charge is 2.43. The average Bonchev–Trinajstić information content (AvgIpc) is 2.39. The molecule has 0 N–H and O–H groups in total.